The van der Waals surface area contributed by atoms with Crippen molar-refractivity contribution in [3.63, 3.8) is 0 Å². The first-order valence-corrected chi connectivity index (χ1v) is 4.83. The minimum Gasteiger partial charge on any atom is -0.253 e. The lowest BCUT2D eigenvalue weighted by molar-refractivity contribution is 0.660. The highest BCUT2D eigenvalue weighted by atomic mass is 35.5. The van der Waals surface area contributed by atoms with E-state index in [0.717, 1.165) is 12.1 Å². The summed E-state index contributed by atoms with van der Waals surface area (Å²) >= 11 is 5.87. The van der Waals surface area contributed by atoms with E-state index in [0.29, 0.717) is 10.8 Å². The van der Waals surface area contributed by atoms with Gasteiger partial charge in [0.25, 0.3) is 0 Å². The fourth-order valence-corrected chi connectivity index (χ4v) is 1.40. The van der Waals surface area contributed by atoms with Crippen molar-refractivity contribution >= 4 is 11.6 Å². The second-order valence-electron chi connectivity index (χ2n) is 2.93. The number of rotatable bonds is 2. The Hall–Kier alpha value is -1.35. The Balaban J connectivity index is 2.39. The first-order chi connectivity index (χ1) is 6.79. The molecule has 0 fully saturated rings. The van der Waals surface area contributed by atoms with Crippen LogP contribution >= 0.6 is 11.6 Å². The second-order valence-corrected chi connectivity index (χ2v) is 3.37. The molecule has 1 aromatic heterocycles. The Morgan fingerprint density at radius 1 is 1.43 bits per heavy atom. The van der Waals surface area contributed by atoms with Crippen LogP contribution in [0.5, 0.6) is 0 Å². The molecule has 0 amide bonds. The van der Waals surface area contributed by atoms with Crippen LogP contribution in [0, 0.1) is 0 Å². The fourth-order valence-electron chi connectivity index (χ4n) is 1.21. The maximum atomic E-state index is 5.87. The summed E-state index contributed by atoms with van der Waals surface area (Å²) < 4.78 is 1.79. The zero-order valence-electron chi connectivity index (χ0n) is 7.81. The third-order valence-electron chi connectivity index (χ3n) is 1.94. The van der Waals surface area contributed by atoms with Crippen molar-refractivity contribution in [3.8, 4) is 11.4 Å². The quantitative estimate of drug-likeness (QED) is 0.758. The number of benzene rings is 1. The largest absolute Gasteiger partial charge is 0.253 e. The van der Waals surface area contributed by atoms with Crippen LogP contribution in [-0.4, -0.2) is 14.8 Å². The van der Waals surface area contributed by atoms with E-state index < -0.39 is 0 Å². The molecule has 2 rings (SSSR count). The molecule has 0 saturated carbocycles. The lowest BCUT2D eigenvalue weighted by atomic mass is 10.2. The van der Waals surface area contributed by atoms with Crippen LogP contribution in [0.3, 0.4) is 0 Å². The number of hydrogen-bond donors (Lipinski definition) is 0. The number of nitrogens with zero attached hydrogens (tertiary/aromatic N) is 3. The fraction of sp³-hybridized carbons (Fsp3) is 0.200. The van der Waals surface area contributed by atoms with E-state index >= 15 is 0 Å². The molecule has 1 heterocycles. The van der Waals surface area contributed by atoms with E-state index in [1.807, 2.05) is 31.2 Å². The average Bonchev–Trinajstić information content (AvgIpc) is 2.66. The average molecular weight is 208 g/mol. The van der Waals surface area contributed by atoms with Gasteiger partial charge in [0.15, 0.2) is 5.82 Å². The standard InChI is InChI=1S/C10H10ClN3/c1-2-14-7-12-10(13-14)8-4-3-5-9(11)6-8/h3-7H,2H2,1H3. The molecular weight excluding hydrogens is 198 g/mol. The van der Waals surface area contributed by atoms with Gasteiger partial charge in [-0.05, 0) is 19.1 Å². The van der Waals surface area contributed by atoms with E-state index in [1.165, 1.54) is 0 Å². The molecule has 1 aromatic carbocycles. The van der Waals surface area contributed by atoms with E-state index in [9.17, 15) is 0 Å². The van der Waals surface area contributed by atoms with Crippen molar-refractivity contribution in [3.05, 3.63) is 35.6 Å². The van der Waals surface area contributed by atoms with Crippen LogP contribution in [0.2, 0.25) is 5.02 Å². The summed E-state index contributed by atoms with van der Waals surface area (Å²) in [6.45, 7) is 2.85. The Labute approximate surface area is 87.3 Å². The van der Waals surface area contributed by atoms with Crippen LogP contribution in [0.4, 0.5) is 0 Å². The number of aromatic nitrogens is 3. The van der Waals surface area contributed by atoms with Crippen LogP contribution in [0.1, 0.15) is 6.92 Å². The van der Waals surface area contributed by atoms with Crippen LogP contribution in [0.25, 0.3) is 11.4 Å². The summed E-state index contributed by atoms with van der Waals surface area (Å²) in [5, 5.41) is 4.99. The van der Waals surface area contributed by atoms with Crippen LogP contribution < -0.4 is 0 Å². The Bertz CT molecular complexity index is 436. The van der Waals surface area contributed by atoms with Gasteiger partial charge in [0, 0.05) is 17.1 Å². The molecule has 0 aliphatic rings. The molecule has 0 radical (unpaired) electrons. The smallest absolute Gasteiger partial charge is 0.181 e. The summed E-state index contributed by atoms with van der Waals surface area (Å²) in [5.74, 6) is 0.717. The van der Waals surface area contributed by atoms with Gasteiger partial charge in [0.1, 0.15) is 6.33 Å². The van der Waals surface area contributed by atoms with Crippen molar-refractivity contribution in [1.29, 1.82) is 0 Å². The molecule has 72 valence electrons. The predicted molar refractivity (Wildman–Crippen MR) is 56.1 cm³/mol. The Kier molecular flexibility index (Phi) is 2.50. The number of halogens is 1. The molecule has 0 spiro atoms. The van der Waals surface area contributed by atoms with Gasteiger partial charge in [-0.1, -0.05) is 23.7 Å². The van der Waals surface area contributed by atoms with Crippen molar-refractivity contribution in [2.24, 2.45) is 0 Å². The molecule has 14 heavy (non-hydrogen) atoms. The first kappa shape index (κ1) is 9.21. The monoisotopic (exact) mass is 207 g/mol. The first-order valence-electron chi connectivity index (χ1n) is 4.45. The maximum Gasteiger partial charge on any atom is 0.181 e. The van der Waals surface area contributed by atoms with Gasteiger partial charge in [-0.25, -0.2) is 4.98 Å². The molecule has 3 nitrogen and oxygen atoms in total. The molecule has 0 aliphatic carbocycles. The topological polar surface area (TPSA) is 30.7 Å². The number of aryl methyl sites for hydroxylation is 1. The van der Waals surface area contributed by atoms with Gasteiger partial charge < -0.3 is 0 Å². The minimum absolute atomic E-state index is 0.704. The third-order valence-corrected chi connectivity index (χ3v) is 2.18. The lowest BCUT2D eigenvalue weighted by Gasteiger charge is -1.95. The summed E-state index contributed by atoms with van der Waals surface area (Å²) in [5.41, 5.74) is 0.949. The highest BCUT2D eigenvalue weighted by Gasteiger charge is 2.03. The summed E-state index contributed by atoms with van der Waals surface area (Å²) in [6, 6.07) is 7.53. The van der Waals surface area contributed by atoms with Gasteiger partial charge in [-0.3, -0.25) is 4.68 Å². The van der Waals surface area contributed by atoms with Crippen molar-refractivity contribution in [2.45, 2.75) is 13.5 Å². The highest BCUT2D eigenvalue weighted by Crippen LogP contribution is 2.18. The predicted octanol–water partition coefficient (Wildman–Crippen LogP) is 2.62. The lowest BCUT2D eigenvalue weighted by Crippen LogP contribution is -1.93. The van der Waals surface area contributed by atoms with Gasteiger partial charge in [-0.2, -0.15) is 5.10 Å². The second kappa shape index (κ2) is 3.80. The molecule has 0 unspecified atom stereocenters. The van der Waals surface area contributed by atoms with Gasteiger partial charge in [-0.15, -0.1) is 0 Å². The maximum absolute atomic E-state index is 5.87. The minimum atomic E-state index is 0.704. The highest BCUT2D eigenvalue weighted by molar-refractivity contribution is 6.30. The van der Waals surface area contributed by atoms with Crippen molar-refractivity contribution in [2.75, 3.05) is 0 Å². The molecule has 0 aliphatic heterocycles. The normalized spacial score (nSPS) is 10.4. The van der Waals surface area contributed by atoms with E-state index in [4.69, 9.17) is 11.6 Å². The molecule has 0 atom stereocenters. The Morgan fingerprint density at radius 2 is 2.29 bits per heavy atom. The molecule has 4 heteroatoms. The van der Waals surface area contributed by atoms with Crippen molar-refractivity contribution < 1.29 is 0 Å². The third kappa shape index (κ3) is 1.77. The zero-order valence-corrected chi connectivity index (χ0v) is 8.57. The van der Waals surface area contributed by atoms with Gasteiger partial charge >= 0.3 is 0 Å². The van der Waals surface area contributed by atoms with E-state index in [2.05, 4.69) is 10.1 Å². The summed E-state index contributed by atoms with van der Waals surface area (Å²) in [4.78, 5) is 4.19. The van der Waals surface area contributed by atoms with Gasteiger partial charge in [0.2, 0.25) is 0 Å². The Morgan fingerprint density at radius 3 is 2.93 bits per heavy atom. The van der Waals surface area contributed by atoms with Crippen LogP contribution in [-0.2, 0) is 6.54 Å². The van der Waals surface area contributed by atoms with Crippen LogP contribution in [0.15, 0.2) is 30.6 Å². The summed E-state index contributed by atoms with van der Waals surface area (Å²) in [7, 11) is 0. The molecule has 0 N–H and O–H groups in total. The van der Waals surface area contributed by atoms with E-state index in [1.54, 1.807) is 11.0 Å². The summed E-state index contributed by atoms with van der Waals surface area (Å²) in [6.07, 6.45) is 1.72. The zero-order chi connectivity index (χ0) is 9.97. The SMILES string of the molecule is CCn1cnc(-c2cccc(Cl)c2)n1. The van der Waals surface area contributed by atoms with E-state index in [-0.39, 0.29) is 0 Å². The molecule has 2 aromatic rings. The van der Waals surface area contributed by atoms with Gasteiger partial charge in [0.05, 0.1) is 0 Å². The molecule has 0 saturated heterocycles. The van der Waals surface area contributed by atoms with Crippen molar-refractivity contribution in [1.82, 2.24) is 14.8 Å². The number of hydrogen-bond acceptors (Lipinski definition) is 2. The molecule has 0 bridgehead atoms. The molecular formula is C10H10ClN3.